The molecule has 0 aromatic rings. The highest BCUT2D eigenvalue weighted by atomic mass is 35.5. The molecule has 1 unspecified atom stereocenters. The van der Waals surface area contributed by atoms with Gasteiger partial charge in [0.05, 0.1) is 5.38 Å². The number of rotatable bonds is 0. The molecule has 0 bridgehead atoms. The zero-order chi connectivity index (χ0) is 5.98. The van der Waals surface area contributed by atoms with Crippen molar-refractivity contribution in [3.05, 3.63) is 23.9 Å². The lowest BCUT2D eigenvalue weighted by Gasteiger charge is -2.04. The molecule has 0 amide bonds. The Morgan fingerprint density at radius 2 is 2.50 bits per heavy atom. The van der Waals surface area contributed by atoms with Gasteiger partial charge in [-0.05, 0) is 12.5 Å². The van der Waals surface area contributed by atoms with Crippen molar-refractivity contribution < 1.29 is 0 Å². The minimum atomic E-state index is 0.155. The lowest BCUT2D eigenvalue weighted by Crippen LogP contribution is -2.02. The van der Waals surface area contributed by atoms with Crippen molar-refractivity contribution in [1.82, 2.24) is 0 Å². The molecule has 0 fully saturated rings. The van der Waals surface area contributed by atoms with Crippen LogP contribution >= 0.6 is 11.6 Å². The molecule has 0 radical (unpaired) electrons. The van der Waals surface area contributed by atoms with Crippen molar-refractivity contribution in [1.29, 1.82) is 0 Å². The summed E-state index contributed by atoms with van der Waals surface area (Å²) in [5.74, 6) is 0. The normalized spacial score (nSPS) is 27.6. The van der Waals surface area contributed by atoms with E-state index in [1.165, 1.54) is 0 Å². The van der Waals surface area contributed by atoms with Crippen LogP contribution in [0.1, 0.15) is 6.42 Å². The maximum absolute atomic E-state index is 5.69. The second kappa shape index (κ2) is 2.23. The molecule has 0 saturated heterocycles. The second-order valence-electron chi connectivity index (χ2n) is 1.81. The molecule has 1 aliphatic carbocycles. The van der Waals surface area contributed by atoms with Gasteiger partial charge >= 0.3 is 0 Å². The van der Waals surface area contributed by atoms with Crippen molar-refractivity contribution in [3.8, 4) is 0 Å². The molecule has 0 aromatic heterocycles. The summed E-state index contributed by atoms with van der Waals surface area (Å²) in [7, 11) is 0. The van der Waals surface area contributed by atoms with Gasteiger partial charge in [-0.3, -0.25) is 0 Å². The summed E-state index contributed by atoms with van der Waals surface area (Å²) in [6.07, 6.45) is 6.53. The lowest BCUT2D eigenvalue weighted by molar-refractivity contribution is 1.02. The lowest BCUT2D eigenvalue weighted by atomic mass is 10.1. The van der Waals surface area contributed by atoms with Crippen LogP contribution in [-0.2, 0) is 0 Å². The second-order valence-corrected chi connectivity index (χ2v) is 2.38. The van der Waals surface area contributed by atoms with Crippen LogP contribution in [-0.4, -0.2) is 5.38 Å². The molecule has 0 heterocycles. The van der Waals surface area contributed by atoms with E-state index in [0.717, 1.165) is 12.1 Å². The molecule has 1 aliphatic rings. The zero-order valence-corrected chi connectivity index (χ0v) is 5.23. The maximum Gasteiger partial charge on any atom is 0.0555 e. The van der Waals surface area contributed by atoms with Crippen molar-refractivity contribution in [2.75, 3.05) is 0 Å². The van der Waals surface area contributed by atoms with Crippen molar-refractivity contribution in [2.45, 2.75) is 11.8 Å². The Bertz CT molecular complexity index is 137. The topological polar surface area (TPSA) is 26.0 Å². The highest BCUT2D eigenvalue weighted by Crippen LogP contribution is 2.11. The Kier molecular flexibility index (Phi) is 1.59. The average molecular weight is 130 g/mol. The predicted molar refractivity (Wildman–Crippen MR) is 35.7 cm³/mol. The number of alkyl halides is 1. The van der Waals surface area contributed by atoms with Crippen LogP contribution in [0.5, 0.6) is 0 Å². The third kappa shape index (κ3) is 1.27. The molecule has 8 heavy (non-hydrogen) atoms. The summed E-state index contributed by atoms with van der Waals surface area (Å²) in [5.41, 5.74) is 6.23. The van der Waals surface area contributed by atoms with Crippen LogP contribution < -0.4 is 5.73 Å². The van der Waals surface area contributed by atoms with E-state index in [9.17, 15) is 0 Å². The van der Waals surface area contributed by atoms with E-state index in [2.05, 4.69) is 0 Å². The monoisotopic (exact) mass is 129 g/mol. The summed E-state index contributed by atoms with van der Waals surface area (Å²) < 4.78 is 0. The Labute approximate surface area is 53.8 Å². The number of nitrogens with two attached hydrogens (primary N) is 1. The SMILES string of the molecule is NC1=CCC(Cl)C=C1. The molecule has 0 saturated carbocycles. The first kappa shape index (κ1) is 5.70. The fourth-order valence-corrected chi connectivity index (χ4v) is 0.773. The van der Waals surface area contributed by atoms with E-state index >= 15 is 0 Å². The maximum atomic E-state index is 5.69. The molecule has 1 nitrogen and oxygen atoms in total. The van der Waals surface area contributed by atoms with Crippen molar-refractivity contribution >= 4 is 11.6 Å². The first-order chi connectivity index (χ1) is 3.79. The highest BCUT2D eigenvalue weighted by Gasteiger charge is 2.00. The first-order valence-corrected chi connectivity index (χ1v) is 3.00. The van der Waals surface area contributed by atoms with Gasteiger partial charge in [0.2, 0.25) is 0 Å². The van der Waals surface area contributed by atoms with Crippen LogP contribution in [0.25, 0.3) is 0 Å². The van der Waals surface area contributed by atoms with Crippen LogP contribution in [0.15, 0.2) is 23.9 Å². The molecule has 2 N–H and O–H groups in total. The zero-order valence-electron chi connectivity index (χ0n) is 4.47. The quantitative estimate of drug-likeness (QED) is 0.492. The van der Waals surface area contributed by atoms with Gasteiger partial charge in [0.25, 0.3) is 0 Å². The minimum Gasteiger partial charge on any atom is -0.399 e. The Balaban J connectivity index is 2.58. The number of hydrogen-bond donors (Lipinski definition) is 1. The summed E-state index contributed by atoms with van der Waals surface area (Å²) in [4.78, 5) is 0. The third-order valence-corrected chi connectivity index (χ3v) is 1.40. The molecule has 0 aromatic carbocycles. The van der Waals surface area contributed by atoms with E-state index in [1.54, 1.807) is 0 Å². The van der Waals surface area contributed by atoms with Gasteiger partial charge in [0.1, 0.15) is 0 Å². The van der Waals surface area contributed by atoms with Gasteiger partial charge in [-0.2, -0.15) is 0 Å². The van der Waals surface area contributed by atoms with Gasteiger partial charge < -0.3 is 5.73 Å². The summed E-state index contributed by atoms with van der Waals surface area (Å²) in [6, 6.07) is 0. The predicted octanol–water partition coefficient (Wildman–Crippen LogP) is 1.40. The minimum absolute atomic E-state index is 0.155. The van der Waals surface area contributed by atoms with Gasteiger partial charge in [-0.15, -0.1) is 11.6 Å². The smallest absolute Gasteiger partial charge is 0.0555 e. The number of hydrogen-bond acceptors (Lipinski definition) is 1. The molecule has 2 heteroatoms. The van der Waals surface area contributed by atoms with E-state index in [1.807, 2.05) is 18.2 Å². The van der Waals surface area contributed by atoms with E-state index in [-0.39, 0.29) is 5.38 Å². The molecular formula is C6H8ClN. The highest BCUT2D eigenvalue weighted by molar-refractivity contribution is 6.22. The molecule has 44 valence electrons. The van der Waals surface area contributed by atoms with E-state index < -0.39 is 0 Å². The Hall–Kier alpha value is -0.430. The third-order valence-electron chi connectivity index (χ3n) is 1.08. The Morgan fingerprint density at radius 3 is 2.88 bits per heavy atom. The summed E-state index contributed by atoms with van der Waals surface area (Å²) in [5, 5.41) is 0.155. The van der Waals surface area contributed by atoms with E-state index in [4.69, 9.17) is 17.3 Å². The van der Waals surface area contributed by atoms with Crippen LogP contribution in [0.2, 0.25) is 0 Å². The Morgan fingerprint density at radius 1 is 1.75 bits per heavy atom. The fraction of sp³-hybridized carbons (Fsp3) is 0.333. The first-order valence-electron chi connectivity index (χ1n) is 2.57. The van der Waals surface area contributed by atoms with Crippen LogP contribution in [0.3, 0.4) is 0 Å². The van der Waals surface area contributed by atoms with Crippen LogP contribution in [0, 0.1) is 0 Å². The summed E-state index contributed by atoms with van der Waals surface area (Å²) >= 11 is 5.69. The van der Waals surface area contributed by atoms with Gasteiger partial charge in [-0.1, -0.05) is 12.2 Å². The molecule has 1 atom stereocenters. The number of allylic oxidation sites excluding steroid dienone is 3. The molecule has 1 rings (SSSR count). The molecular weight excluding hydrogens is 122 g/mol. The van der Waals surface area contributed by atoms with Gasteiger partial charge in [0.15, 0.2) is 0 Å². The number of halogens is 1. The van der Waals surface area contributed by atoms with E-state index in [0.29, 0.717) is 0 Å². The van der Waals surface area contributed by atoms with Gasteiger partial charge in [0, 0.05) is 5.70 Å². The average Bonchev–Trinajstić information content (AvgIpc) is 1.77. The molecule has 0 aliphatic heterocycles. The van der Waals surface area contributed by atoms with Gasteiger partial charge in [-0.25, -0.2) is 0 Å². The van der Waals surface area contributed by atoms with Crippen molar-refractivity contribution in [3.63, 3.8) is 0 Å². The fourth-order valence-electron chi connectivity index (χ4n) is 0.611. The molecule has 0 spiro atoms. The largest absolute Gasteiger partial charge is 0.399 e. The van der Waals surface area contributed by atoms with Crippen molar-refractivity contribution in [2.24, 2.45) is 5.73 Å². The van der Waals surface area contributed by atoms with Crippen LogP contribution in [0.4, 0.5) is 0 Å². The summed E-state index contributed by atoms with van der Waals surface area (Å²) in [6.45, 7) is 0. The standard InChI is InChI=1S/C6H8ClN/c7-5-1-3-6(8)4-2-5/h1,3-5H,2,8H2.